The van der Waals surface area contributed by atoms with Crippen LogP contribution in [0.5, 0.6) is 0 Å². The zero-order chi connectivity index (χ0) is 15.0. The molecule has 6 heteroatoms. The molecule has 2 fully saturated rings. The lowest BCUT2D eigenvalue weighted by molar-refractivity contribution is -0.122. The van der Waals surface area contributed by atoms with Crippen molar-refractivity contribution in [2.75, 3.05) is 6.54 Å². The third kappa shape index (κ3) is 2.87. The number of hydrogen-bond acceptors (Lipinski definition) is 2. The van der Waals surface area contributed by atoms with Gasteiger partial charge in [-0.05, 0) is 37.5 Å². The number of fused-ring (bicyclic) bond motifs is 2. The minimum atomic E-state index is -0.283. The van der Waals surface area contributed by atoms with Gasteiger partial charge in [-0.2, -0.15) is 0 Å². The Balaban J connectivity index is 1.67. The summed E-state index contributed by atoms with van der Waals surface area (Å²) in [6.07, 6.45) is 3.68. The molecule has 0 aromatic heterocycles. The lowest BCUT2D eigenvalue weighted by Gasteiger charge is -2.32. The van der Waals surface area contributed by atoms with E-state index in [2.05, 4.69) is 10.6 Å². The zero-order valence-electron chi connectivity index (χ0n) is 11.4. The lowest BCUT2D eigenvalue weighted by atomic mass is 9.80. The first kappa shape index (κ1) is 14.7. The highest BCUT2D eigenvalue weighted by atomic mass is 35.5. The Morgan fingerprint density at radius 2 is 2.24 bits per heavy atom. The maximum absolute atomic E-state index is 12.2. The molecule has 1 aliphatic carbocycles. The second-order valence-electron chi connectivity index (χ2n) is 5.87. The van der Waals surface area contributed by atoms with Crippen LogP contribution in [-0.4, -0.2) is 23.9 Å². The summed E-state index contributed by atoms with van der Waals surface area (Å²) in [6, 6.07) is 4.79. The first-order valence-electron chi connectivity index (χ1n) is 7.04. The van der Waals surface area contributed by atoms with Crippen molar-refractivity contribution in [2.24, 2.45) is 5.92 Å². The molecule has 2 atom stereocenters. The number of carbonyl (C=O) groups is 2. The van der Waals surface area contributed by atoms with E-state index in [-0.39, 0.29) is 23.3 Å². The Morgan fingerprint density at radius 3 is 3.00 bits per heavy atom. The maximum Gasteiger partial charge on any atom is 0.252 e. The van der Waals surface area contributed by atoms with Crippen LogP contribution in [0.2, 0.25) is 10.0 Å². The van der Waals surface area contributed by atoms with Crippen molar-refractivity contribution < 1.29 is 9.59 Å². The van der Waals surface area contributed by atoms with Crippen molar-refractivity contribution in [2.45, 2.75) is 31.2 Å². The van der Waals surface area contributed by atoms with Gasteiger partial charge in [0.05, 0.1) is 16.1 Å². The molecule has 2 bridgehead atoms. The van der Waals surface area contributed by atoms with Gasteiger partial charge in [-0.25, -0.2) is 0 Å². The van der Waals surface area contributed by atoms with Gasteiger partial charge in [0.2, 0.25) is 5.91 Å². The highest BCUT2D eigenvalue weighted by molar-refractivity contribution is 6.36. The van der Waals surface area contributed by atoms with E-state index < -0.39 is 0 Å². The van der Waals surface area contributed by atoms with Gasteiger partial charge in [0, 0.05) is 17.5 Å². The molecule has 1 saturated heterocycles. The number of nitrogens with one attached hydrogen (secondary N) is 2. The number of rotatable bonds is 3. The average Bonchev–Trinajstić information content (AvgIpc) is 2.66. The largest absolute Gasteiger partial charge is 0.350 e. The van der Waals surface area contributed by atoms with Crippen LogP contribution < -0.4 is 10.6 Å². The molecule has 21 heavy (non-hydrogen) atoms. The number of hydrogen-bond donors (Lipinski definition) is 2. The van der Waals surface area contributed by atoms with E-state index in [9.17, 15) is 9.59 Å². The van der Waals surface area contributed by atoms with E-state index in [0.29, 0.717) is 22.2 Å². The molecule has 1 heterocycles. The molecule has 1 aliphatic heterocycles. The summed E-state index contributed by atoms with van der Waals surface area (Å²) in [6.45, 7) is 0.438. The Bertz CT molecular complexity index is 605. The molecule has 1 aromatic rings. The van der Waals surface area contributed by atoms with Crippen LogP contribution in [0.25, 0.3) is 0 Å². The van der Waals surface area contributed by atoms with E-state index in [0.717, 1.165) is 25.7 Å². The van der Waals surface area contributed by atoms with Crippen LogP contribution in [0, 0.1) is 5.92 Å². The zero-order valence-corrected chi connectivity index (χ0v) is 12.9. The normalized spacial score (nSPS) is 27.3. The fourth-order valence-electron chi connectivity index (χ4n) is 3.29. The van der Waals surface area contributed by atoms with E-state index in [4.69, 9.17) is 23.2 Å². The first-order chi connectivity index (χ1) is 9.99. The van der Waals surface area contributed by atoms with E-state index in [1.807, 2.05) is 0 Å². The minimum Gasteiger partial charge on any atom is -0.350 e. The van der Waals surface area contributed by atoms with Crippen LogP contribution in [0.3, 0.4) is 0 Å². The molecular formula is C15H16Cl2N2O2. The molecule has 2 aliphatic rings. The molecule has 3 rings (SSSR count). The molecule has 0 radical (unpaired) electrons. The minimum absolute atomic E-state index is 0.106. The summed E-state index contributed by atoms with van der Waals surface area (Å²) in [4.78, 5) is 24.0. The van der Waals surface area contributed by atoms with Crippen molar-refractivity contribution in [3.63, 3.8) is 0 Å². The topological polar surface area (TPSA) is 58.2 Å². The Kier molecular flexibility index (Phi) is 3.84. The second-order valence-corrected chi connectivity index (χ2v) is 6.71. The Morgan fingerprint density at radius 1 is 1.43 bits per heavy atom. The monoisotopic (exact) mass is 326 g/mol. The van der Waals surface area contributed by atoms with Gasteiger partial charge >= 0.3 is 0 Å². The number of halogens is 2. The summed E-state index contributed by atoms with van der Waals surface area (Å²) < 4.78 is 0. The first-order valence-corrected chi connectivity index (χ1v) is 7.80. The molecule has 2 unspecified atom stereocenters. The summed E-state index contributed by atoms with van der Waals surface area (Å²) in [7, 11) is 0. The summed E-state index contributed by atoms with van der Waals surface area (Å²) in [5.41, 5.74) is 0.114. The predicted octanol–water partition coefficient (Wildman–Crippen LogP) is 2.78. The third-order valence-corrected chi connectivity index (χ3v) is 4.92. The maximum atomic E-state index is 12.2. The van der Waals surface area contributed by atoms with Gasteiger partial charge in [0.25, 0.3) is 5.91 Å². The van der Waals surface area contributed by atoms with Gasteiger partial charge in [-0.1, -0.05) is 29.6 Å². The van der Waals surface area contributed by atoms with Crippen LogP contribution >= 0.6 is 23.2 Å². The van der Waals surface area contributed by atoms with Gasteiger partial charge in [0.15, 0.2) is 0 Å². The Hall–Kier alpha value is -1.26. The highest BCUT2D eigenvalue weighted by Gasteiger charge is 2.46. The van der Waals surface area contributed by atoms with Gasteiger partial charge in [0.1, 0.15) is 0 Å². The van der Waals surface area contributed by atoms with Crippen molar-refractivity contribution in [3.05, 3.63) is 33.8 Å². The fourth-order valence-corrected chi connectivity index (χ4v) is 3.78. The van der Waals surface area contributed by atoms with Crippen molar-refractivity contribution >= 4 is 35.0 Å². The highest BCUT2D eigenvalue weighted by Crippen LogP contribution is 2.37. The number of carbonyl (C=O) groups excluding carboxylic acids is 2. The molecule has 2 amide bonds. The van der Waals surface area contributed by atoms with Crippen LogP contribution in [0.4, 0.5) is 0 Å². The van der Waals surface area contributed by atoms with Gasteiger partial charge in [-0.3, -0.25) is 9.59 Å². The average molecular weight is 327 g/mol. The molecule has 0 spiro atoms. The van der Waals surface area contributed by atoms with Gasteiger partial charge in [-0.15, -0.1) is 0 Å². The fraction of sp³-hybridized carbons (Fsp3) is 0.467. The van der Waals surface area contributed by atoms with Crippen LogP contribution in [-0.2, 0) is 4.79 Å². The molecule has 1 aromatic carbocycles. The van der Waals surface area contributed by atoms with Crippen molar-refractivity contribution in [1.82, 2.24) is 10.6 Å². The summed E-state index contributed by atoms with van der Waals surface area (Å²) >= 11 is 11.9. The van der Waals surface area contributed by atoms with Crippen molar-refractivity contribution in [3.8, 4) is 0 Å². The molecule has 2 N–H and O–H groups in total. The standard InChI is InChI=1S/C15H16Cl2N2O2/c16-10-3-4-11(12(17)6-10)14(21)18-8-15-5-1-2-9(7-15)13(20)19-15/h3-4,6,9H,1-2,5,7-8H2,(H,18,21)(H,19,20). The molecule has 4 nitrogen and oxygen atoms in total. The van der Waals surface area contributed by atoms with Gasteiger partial charge < -0.3 is 10.6 Å². The van der Waals surface area contributed by atoms with E-state index >= 15 is 0 Å². The second kappa shape index (κ2) is 5.50. The van der Waals surface area contributed by atoms with Crippen molar-refractivity contribution in [1.29, 1.82) is 0 Å². The van der Waals surface area contributed by atoms with E-state index in [1.54, 1.807) is 18.2 Å². The van der Waals surface area contributed by atoms with E-state index in [1.165, 1.54) is 0 Å². The molecule has 112 valence electrons. The molecule has 1 saturated carbocycles. The summed E-state index contributed by atoms with van der Waals surface area (Å²) in [5.74, 6) is -0.0182. The third-order valence-electron chi connectivity index (χ3n) is 4.37. The number of benzene rings is 1. The SMILES string of the molecule is O=C(NCC12CCCC(C1)C(=O)N2)c1ccc(Cl)cc1Cl. The smallest absolute Gasteiger partial charge is 0.252 e. The van der Waals surface area contributed by atoms with Crippen LogP contribution in [0.15, 0.2) is 18.2 Å². The predicted molar refractivity (Wildman–Crippen MR) is 81.6 cm³/mol. The quantitative estimate of drug-likeness (QED) is 0.897. The van der Waals surface area contributed by atoms with Crippen LogP contribution in [0.1, 0.15) is 36.0 Å². The summed E-state index contributed by atoms with van der Waals surface area (Å²) in [5, 5.41) is 6.76. The Labute approximate surface area is 133 Å². The molecular weight excluding hydrogens is 311 g/mol. The lowest BCUT2D eigenvalue weighted by Crippen LogP contribution is -2.50. The number of amides is 2.